The van der Waals surface area contributed by atoms with Crippen molar-refractivity contribution in [2.24, 2.45) is 0 Å². The lowest BCUT2D eigenvalue weighted by molar-refractivity contribution is -0.142. The Labute approximate surface area is 133 Å². The van der Waals surface area contributed by atoms with Gasteiger partial charge in [0.15, 0.2) is 0 Å². The smallest absolute Gasteiger partial charge is 0.267 e. The molecule has 3 aliphatic heterocycles. The predicted octanol–water partition coefficient (Wildman–Crippen LogP) is 2.36. The molecule has 4 rings (SSSR count). The van der Waals surface area contributed by atoms with Crippen molar-refractivity contribution < 1.29 is 18.4 Å². The first-order valence-corrected chi connectivity index (χ1v) is 8.01. The summed E-state index contributed by atoms with van der Waals surface area (Å²) in [6, 6.07) is 8.24. The molecule has 1 aromatic rings. The highest BCUT2D eigenvalue weighted by molar-refractivity contribution is 5.91. The summed E-state index contributed by atoms with van der Waals surface area (Å²) in [5.74, 6) is -3.36. The predicted molar refractivity (Wildman–Crippen MR) is 78.7 cm³/mol. The zero-order valence-corrected chi connectivity index (χ0v) is 12.6. The van der Waals surface area contributed by atoms with E-state index in [0.29, 0.717) is 12.8 Å². The second-order valence-corrected chi connectivity index (χ2v) is 6.70. The lowest BCUT2D eigenvalue weighted by Crippen LogP contribution is -2.45. The van der Waals surface area contributed by atoms with Crippen molar-refractivity contribution >= 4 is 11.8 Å². The minimum absolute atomic E-state index is 0.00115. The third kappa shape index (κ3) is 2.31. The fourth-order valence-corrected chi connectivity index (χ4v) is 4.24. The van der Waals surface area contributed by atoms with Gasteiger partial charge in [0.1, 0.15) is 6.04 Å². The summed E-state index contributed by atoms with van der Waals surface area (Å²) in [7, 11) is 0. The quantitative estimate of drug-likeness (QED) is 0.797. The number of carbonyl (C=O) groups is 2. The van der Waals surface area contributed by atoms with Crippen LogP contribution in [-0.4, -0.2) is 46.2 Å². The summed E-state index contributed by atoms with van der Waals surface area (Å²) in [5.41, 5.74) is 1.00. The zero-order chi connectivity index (χ0) is 16.2. The van der Waals surface area contributed by atoms with Gasteiger partial charge in [-0.25, -0.2) is 8.78 Å². The number of rotatable bonds is 1. The number of halogens is 2. The number of benzene rings is 1. The number of nitrogens with zero attached hydrogens (tertiary/aromatic N) is 2. The van der Waals surface area contributed by atoms with Crippen LogP contribution >= 0.6 is 0 Å². The molecule has 0 aromatic heterocycles. The molecular weight excluding hydrogens is 302 g/mol. The molecule has 0 N–H and O–H groups in total. The van der Waals surface area contributed by atoms with E-state index in [1.165, 1.54) is 4.90 Å². The van der Waals surface area contributed by atoms with Crippen LogP contribution in [0, 0.1) is 0 Å². The van der Waals surface area contributed by atoms with Crippen LogP contribution < -0.4 is 0 Å². The third-order valence-electron chi connectivity index (χ3n) is 5.21. The van der Waals surface area contributed by atoms with Gasteiger partial charge in [-0.05, 0) is 18.4 Å². The van der Waals surface area contributed by atoms with Gasteiger partial charge in [-0.3, -0.25) is 9.59 Å². The molecule has 0 aliphatic carbocycles. The van der Waals surface area contributed by atoms with Crippen LogP contribution in [-0.2, 0) is 9.59 Å². The van der Waals surface area contributed by atoms with Crippen molar-refractivity contribution in [2.75, 3.05) is 6.54 Å². The maximum Gasteiger partial charge on any atom is 0.267 e. The van der Waals surface area contributed by atoms with Gasteiger partial charge < -0.3 is 9.80 Å². The summed E-state index contributed by atoms with van der Waals surface area (Å²) in [6.07, 6.45) is 0.836. The maximum atomic E-state index is 13.6. The Kier molecular flexibility index (Phi) is 3.18. The Balaban J connectivity index is 1.66. The molecule has 23 heavy (non-hydrogen) atoms. The van der Waals surface area contributed by atoms with Crippen molar-refractivity contribution in [3.05, 3.63) is 35.9 Å². The van der Waals surface area contributed by atoms with E-state index in [9.17, 15) is 18.4 Å². The number of hydrogen-bond donors (Lipinski definition) is 0. The minimum Gasteiger partial charge on any atom is -0.331 e. The van der Waals surface area contributed by atoms with Crippen LogP contribution in [0.25, 0.3) is 0 Å². The summed E-state index contributed by atoms with van der Waals surface area (Å²) in [6.45, 7) is -0.551. The van der Waals surface area contributed by atoms with E-state index in [2.05, 4.69) is 0 Å². The number of fused-ring (bicyclic) bond motifs is 2. The van der Waals surface area contributed by atoms with Crippen LogP contribution in [0.1, 0.15) is 37.3 Å². The molecule has 3 heterocycles. The fraction of sp³-hybridized carbons (Fsp3) is 0.529. The van der Waals surface area contributed by atoms with Gasteiger partial charge >= 0.3 is 0 Å². The van der Waals surface area contributed by atoms with Crippen molar-refractivity contribution in [3.63, 3.8) is 0 Å². The Morgan fingerprint density at radius 3 is 2.48 bits per heavy atom. The van der Waals surface area contributed by atoms with Crippen molar-refractivity contribution in [1.29, 1.82) is 0 Å². The summed E-state index contributed by atoms with van der Waals surface area (Å²) in [4.78, 5) is 28.3. The molecule has 3 fully saturated rings. The monoisotopic (exact) mass is 320 g/mol. The van der Waals surface area contributed by atoms with E-state index < -0.39 is 31.0 Å². The Morgan fingerprint density at radius 1 is 1.04 bits per heavy atom. The average molecular weight is 320 g/mol. The molecule has 1 aromatic carbocycles. The van der Waals surface area contributed by atoms with Gasteiger partial charge in [-0.2, -0.15) is 0 Å². The number of hydrogen-bond acceptors (Lipinski definition) is 2. The van der Waals surface area contributed by atoms with Gasteiger partial charge in [0, 0.05) is 18.9 Å². The molecule has 3 saturated heterocycles. The van der Waals surface area contributed by atoms with Gasteiger partial charge in [-0.1, -0.05) is 30.3 Å². The van der Waals surface area contributed by atoms with Crippen LogP contribution in [0.15, 0.2) is 30.3 Å². The second kappa shape index (κ2) is 5.01. The summed E-state index contributed by atoms with van der Waals surface area (Å²) < 4.78 is 27.3. The standard InChI is InChI=1S/C17H18F2N2O2/c18-17(19)9-12-8-15(22)21-13(11-4-2-1-3-5-11)6-7-14(21)16(23)20(12)10-17/h1-5,12-14H,6-10H2/t12-,13+,14-/m1/s1. The first-order valence-electron chi connectivity index (χ1n) is 8.01. The first-order chi connectivity index (χ1) is 11.0. The molecule has 0 radical (unpaired) electrons. The number of amides is 2. The summed E-state index contributed by atoms with van der Waals surface area (Å²) >= 11 is 0. The molecule has 0 saturated carbocycles. The molecule has 0 bridgehead atoms. The molecule has 3 atom stereocenters. The topological polar surface area (TPSA) is 40.6 Å². The van der Waals surface area contributed by atoms with E-state index in [0.717, 1.165) is 5.56 Å². The van der Waals surface area contributed by atoms with Gasteiger partial charge in [-0.15, -0.1) is 0 Å². The van der Waals surface area contributed by atoms with Crippen molar-refractivity contribution in [1.82, 2.24) is 9.80 Å². The van der Waals surface area contributed by atoms with E-state index in [-0.39, 0.29) is 24.3 Å². The molecular formula is C17H18F2N2O2. The first kappa shape index (κ1) is 14.6. The highest BCUT2D eigenvalue weighted by atomic mass is 19.3. The maximum absolute atomic E-state index is 13.6. The van der Waals surface area contributed by atoms with E-state index in [1.807, 2.05) is 30.3 Å². The van der Waals surface area contributed by atoms with Crippen molar-refractivity contribution in [3.8, 4) is 0 Å². The van der Waals surface area contributed by atoms with Gasteiger partial charge in [0.05, 0.1) is 12.6 Å². The third-order valence-corrected chi connectivity index (χ3v) is 5.21. The van der Waals surface area contributed by atoms with Crippen LogP contribution in [0.2, 0.25) is 0 Å². The second-order valence-electron chi connectivity index (χ2n) is 6.70. The molecule has 6 heteroatoms. The summed E-state index contributed by atoms with van der Waals surface area (Å²) in [5, 5.41) is 0. The molecule has 0 unspecified atom stereocenters. The highest BCUT2D eigenvalue weighted by Gasteiger charge is 2.54. The largest absolute Gasteiger partial charge is 0.331 e. The lowest BCUT2D eigenvalue weighted by Gasteiger charge is -2.29. The highest BCUT2D eigenvalue weighted by Crippen LogP contribution is 2.43. The van der Waals surface area contributed by atoms with E-state index in [4.69, 9.17) is 0 Å². The van der Waals surface area contributed by atoms with Gasteiger partial charge in [0.25, 0.3) is 5.92 Å². The number of alkyl halides is 2. The van der Waals surface area contributed by atoms with Gasteiger partial charge in [0.2, 0.25) is 11.8 Å². The Bertz CT molecular complexity index is 649. The normalized spacial score (nSPS) is 32.7. The van der Waals surface area contributed by atoms with Crippen LogP contribution in [0.3, 0.4) is 0 Å². The molecule has 2 amide bonds. The van der Waals surface area contributed by atoms with Crippen LogP contribution in [0.5, 0.6) is 0 Å². The van der Waals surface area contributed by atoms with Crippen molar-refractivity contribution in [2.45, 2.75) is 49.7 Å². The lowest BCUT2D eigenvalue weighted by atomic mass is 10.0. The Hall–Kier alpha value is -1.98. The molecule has 4 nitrogen and oxygen atoms in total. The van der Waals surface area contributed by atoms with E-state index >= 15 is 0 Å². The minimum atomic E-state index is -2.87. The SMILES string of the molecule is O=C1[C@H]2CC[C@@H](c3ccccc3)N2C(=O)C[C@@H]2CC(F)(F)CN12. The van der Waals surface area contributed by atoms with E-state index in [1.54, 1.807) is 4.90 Å². The fourth-order valence-electron chi connectivity index (χ4n) is 4.24. The average Bonchev–Trinajstić information content (AvgIpc) is 3.06. The Morgan fingerprint density at radius 2 is 1.74 bits per heavy atom. The van der Waals surface area contributed by atoms with Crippen LogP contribution in [0.4, 0.5) is 8.78 Å². The number of carbonyl (C=O) groups excluding carboxylic acids is 2. The molecule has 122 valence electrons. The zero-order valence-electron chi connectivity index (χ0n) is 12.6. The molecule has 0 spiro atoms. The molecule has 3 aliphatic rings.